The molecular weight excluding hydrogens is 383 g/mol. The van der Waals surface area contributed by atoms with E-state index < -0.39 is 0 Å². The lowest BCUT2D eigenvalue weighted by molar-refractivity contribution is -0.119. The van der Waals surface area contributed by atoms with Crippen molar-refractivity contribution in [1.82, 2.24) is 20.1 Å². The monoisotopic (exact) mass is 402 g/mol. The van der Waals surface area contributed by atoms with E-state index in [9.17, 15) is 9.18 Å². The van der Waals surface area contributed by atoms with Gasteiger partial charge in [-0.1, -0.05) is 11.8 Å². The van der Waals surface area contributed by atoms with E-state index in [0.29, 0.717) is 29.0 Å². The van der Waals surface area contributed by atoms with Crippen molar-refractivity contribution in [3.8, 4) is 17.3 Å². The summed E-state index contributed by atoms with van der Waals surface area (Å²) in [5.41, 5.74) is 0.681. The smallest absolute Gasteiger partial charge is 0.230 e. The summed E-state index contributed by atoms with van der Waals surface area (Å²) >= 11 is 1.26. The zero-order valence-electron chi connectivity index (χ0n) is 15.0. The molecule has 1 aliphatic rings. The second-order valence-corrected chi connectivity index (χ2v) is 7.27. The molecule has 1 saturated heterocycles. The Bertz CT molecular complexity index is 921. The normalized spacial score (nSPS) is 16.4. The van der Waals surface area contributed by atoms with Gasteiger partial charge in [0.05, 0.1) is 23.8 Å². The Hall–Kier alpha value is -2.65. The fourth-order valence-corrected chi connectivity index (χ4v) is 3.75. The average Bonchev–Trinajstić information content (AvgIpc) is 3.46. The van der Waals surface area contributed by atoms with Gasteiger partial charge in [-0.2, -0.15) is 0 Å². The van der Waals surface area contributed by atoms with Crippen molar-refractivity contribution in [3.05, 3.63) is 48.5 Å². The van der Waals surface area contributed by atoms with Gasteiger partial charge in [-0.25, -0.2) is 4.39 Å². The van der Waals surface area contributed by atoms with E-state index in [1.54, 1.807) is 35.1 Å². The highest BCUT2D eigenvalue weighted by atomic mass is 32.2. The predicted octanol–water partition coefficient (Wildman–Crippen LogP) is 3.05. The number of amides is 1. The number of ether oxygens (including phenoxy) is 1. The fraction of sp³-hybridized carbons (Fsp3) is 0.316. The third kappa shape index (κ3) is 4.26. The molecule has 4 rings (SSSR count). The number of thioether (sulfide) groups is 1. The molecule has 146 valence electrons. The van der Waals surface area contributed by atoms with Crippen LogP contribution in [0.1, 0.15) is 12.8 Å². The number of rotatable bonds is 7. The molecule has 1 N–H and O–H groups in total. The van der Waals surface area contributed by atoms with E-state index in [-0.39, 0.29) is 23.6 Å². The van der Waals surface area contributed by atoms with Gasteiger partial charge < -0.3 is 14.5 Å². The molecule has 1 atom stereocenters. The van der Waals surface area contributed by atoms with Crippen LogP contribution in [0.15, 0.2) is 52.2 Å². The van der Waals surface area contributed by atoms with Crippen molar-refractivity contribution >= 4 is 17.7 Å². The SMILES string of the molecule is O=C(CSc1nnc(-c2ccco2)n1-c1ccc(F)cc1)NC[C@@H]1CCCO1. The van der Waals surface area contributed by atoms with E-state index in [1.165, 1.54) is 23.9 Å². The zero-order chi connectivity index (χ0) is 19.3. The lowest BCUT2D eigenvalue weighted by atomic mass is 10.2. The molecule has 0 unspecified atom stereocenters. The second-order valence-electron chi connectivity index (χ2n) is 6.32. The number of carbonyl (C=O) groups is 1. The summed E-state index contributed by atoms with van der Waals surface area (Å²) in [5, 5.41) is 11.8. The number of halogens is 1. The number of hydrogen-bond donors (Lipinski definition) is 1. The number of aromatic nitrogens is 3. The first-order valence-electron chi connectivity index (χ1n) is 8.97. The number of benzene rings is 1. The third-order valence-corrected chi connectivity index (χ3v) is 5.27. The molecule has 0 aliphatic carbocycles. The number of nitrogens with zero attached hydrogens (tertiary/aromatic N) is 3. The van der Waals surface area contributed by atoms with Crippen LogP contribution in [0, 0.1) is 5.82 Å². The fourth-order valence-electron chi connectivity index (χ4n) is 2.97. The molecule has 0 spiro atoms. The minimum absolute atomic E-state index is 0.0994. The molecule has 7 nitrogen and oxygen atoms in total. The van der Waals surface area contributed by atoms with Crippen molar-refractivity contribution in [3.63, 3.8) is 0 Å². The molecule has 0 saturated carbocycles. The maximum Gasteiger partial charge on any atom is 0.230 e. The standard InChI is InChI=1S/C19H19FN4O3S/c20-13-5-7-14(8-6-13)24-18(16-4-2-10-27-16)22-23-19(24)28-12-17(25)21-11-15-3-1-9-26-15/h2,4-8,10,15H,1,3,9,11-12H2,(H,21,25)/t15-/m0/s1. The van der Waals surface area contributed by atoms with E-state index in [2.05, 4.69) is 15.5 Å². The molecule has 1 fully saturated rings. The number of furan rings is 1. The topological polar surface area (TPSA) is 82.2 Å². The Morgan fingerprint density at radius 2 is 2.14 bits per heavy atom. The minimum Gasteiger partial charge on any atom is -0.461 e. The van der Waals surface area contributed by atoms with Gasteiger partial charge in [0.1, 0.15) is 5.82 Å². The molecule has 28 heavy (non-hydrogen) atoms. The molecule has 2 aromatic heterocycles. The highest BCUT2D eigenvalue weighted by Gasteiger charge is 2.20. The first kappa shape index (κ1) is 18.7. The molecule has 1 amide bonds. The Kier molecular flexibility index (Phi) is 5.73. The van der Waals surface area contributed by atoms with Crippen LogP contribution in [0.2, 0.25) is 0 Å². The van der Waals surface area contributed by atoms with E-state index in [4.69, 9.17) is 9.15 Å². The van der Waals surface area contributed by atoms with Gasteiger partial charge in [0.2, 0.25) is 11.7 Å². The summed E-state index contributed by atoms with van der Waals surface area (Å²) in [6, 6.07) is 9.52. The van der Waals surface area contributed by atoms with Crippen LogP contribution in [0.5, 0.6) is 0 Å². The number of hydrogen-bond acceptors (Lipinski definition) is 6. The third-order valence-electron chi connectivity index (χ3n) is 4.34. The molecule has 1 aromatic carbocycles. The van der Waals surface area contributed by atoms with Crippen LogP contribution in [-0.2, 0) is 9.53 Å². The molecule has 1 aliphatic heterocycles. The zero-order valence-corrected chi connectivity index (χ0v) is 15.8. The van der Waals surface area contributed by atoms with Gasteiger partial charge in [0.25, 0.3) is 0 Å². The maximum absolute atomic E-state index is 13.3. The molecular formula is C19H19FN4O3S. The molecule has 3 heterocycles. The predicted molar refractivity (Wildman–Crippen MR) is 102 cm³/mol. The van der Waals surface area contributed by atoms with E-state index >= 15 is 0 Å². The summed E-state index contributed by atoms with van der Waals surface area (Å²) < 4.78 is 26.0. The van der Waals surface area contributed by atoms with Crippen LogP contribution in [0.3, 0.4) is 0 Å². The van der Waals surface area contributed by atoms with Crippen LogP contribution in [0.4, 0.5) is 4.39 Å². The Balaban J connectivity index is 1.50. The molecule has 0 radical (unpaired) electrons. The van der Waals surface area contributed by atoms with E-state index in [1.807, 2.05) is 0 Å². The van der Waals surface area contributed by atoms with Crippen LogP contribution in [0.25, 0.3) is 17.3 Å². The van der Waals surface area contributed by atoms with Gasteiger partial charge in [-0.3, -0.25) is 9.36 Å². The highest BCUT2D eigenvalue weighted by Crippen LogP contribution is 2.28. The van der Waals surface area contributed by atoms with Crippen molar-refractivity contribution < 1.29 is 18.3 Å². The van der Waals surface area contributed by atoms with Gasteiger partial charge in [0.15, 0.2) is 10.9 Å². The Morgan fingerprint density at radius 1 is 1.29 bits per heavy atom. The van der Waals surface area contributed by atoms with Gasteiger partial charge in [0, 0.05) is 13.2 Å². The Labute approximate surface area is 165 Å². The molecule has 0 bridgehead atoms. The van der Waals surface area contributed by atoms with E-state index in [0.717, 1.165) is 19.4 Å². The maximum atomic E-state index is 13.3. The number of carbonyl (C=O) groups excluding carboxylic acids is 1. The minimum atomic E-state index is -0.334. The van der Waals surface area contributed by atoms with Crippen molar-refractivity contribution in [2.24, 2.45) is 0 Å². The van der Waals surface area contributed by atoms with Crippen LogP contribution in [-0.4, -0.2) is 45.7 Å². The molecule has 9 heteroatoms. The van der Waals surface area contributed by atoms with Crippen LogP contribution >= 0.6 is 11.8 Å². The Morgan fingerprint density at radius 3 is 2.86 bits per heavy atom. The largest absolute Gasteiger partial charge is 0.461 e. The highest BCUT2D eigenvalue weighted by molar-refractivity contribution is 7.99. The van der Waals surface area contributed by atoms with Crippen LogP contribution < -0.4 is 5.32 Å². The average molecular weight is 402 g/mol. The lowest BCUT2D eigenvalue weighted by Crippen LogP contribution is -2.32. The summed E-state index contributed by atoms with van der Waals surface area (Å²) in [6.45, 7) is 1.27. The number of nitrogens with one attached hydrogen (secondary N) is 1. The van der Waals surface area contributed by atoms with Crippen molar-refractivity contribution in [1.29, 1.82) is 0 Å². The first-order valence-corrected chi connectivity index (χ1v) is 9.95. The summed E-state index contributed by atoms with van der Waals surface area (Å²) in [6.07, 6.45) is 3.65. The second kappa shape index (κ2) is 8.57. The van der Waals surface area contributed by atoms with Gasteiger partial charge in [-0.15, -0.1) is 10.2 Å². The van der Waals surface area contributed by atoms with Crippen molar-refractivity contribution in [2.45, 2.75) is 24.1 Å². The van der Waals surface area contributed by atoms with Crippen molar-refractivity contribution in [2.75, 3.05) is 18.9 Å². The molecule has 3 aromatic rings. The summed E-state index contributed by atoms with van der Waals surface area (Å²) in [4.78, 5) is 12.2. The summed E-state index contributed by atoms with van der Waals surface area (Å²) in [7, 11) is 0. The summed E-state index contributed by atoms with van der Waals surface area (Å²) in [5.74, 6) is 0.766. The van der Waals surface area contributed by atoms with Gasteiger partial charge >= 0.3 is 0 Å². The quantitative estimate of drug-likeness (QED) is 0.612. The van der Waals surface area contributed by atoms with Gasteiger partial charge in [-0.05, 0) is 49.2 Å². The lowest BCUT2D eigenvalue weighted by Gasteiger charge is -2.11. The first-order chi connectivity index (χ1) is 13.7.